The van der Waals surface area contributed by atoms with E-state index >= 15 is 0 Å². The summed E-state index contributed by atoms with van der Waals surface area (Å²) in [6.45, 7) is 0. The largest absolute Gasteiger partial charge is 0.490 e. The Morgan fingerprint density at radius 2 is 2.06 bits per heavy atom. The third-order valence-corrected chi connectivity index (χ3v) is 7.41. The van der Waals surface area contributed by atoms with Crippen molar-refractivity contribution < 1.29 is 22.9 Å². The number of rotatable bonds is 7. The van der Waals surface area contributed by atoms with E-state index < -0.39 is 26.7 Å². The summed E-state index contributed by atoms with van der Waals surface area (Å²) in [5.41, 5.74) is 1.22. The van der Waals surface area contributed by atoms with E-state index in [2.05, 4.69) is 10.4 Å². The first kappa shape index (κ1) is 24.6. The minimum absolute atomic E-state index is 0.0200. The Morgan fingerprint density at radius 1 is 1.31 bits per heavy atom. The molecular weight excluding hydrogens is 486 g/mol. The number of nitrogens with one attached hydrogen (secondary N) is 1. The Kier molecular flexibility index (Phi) is 6.84. The Labute approximate surface area is 206 Å². The molecule has 1 atom stereocenters. The Bertz CT molecular complexity index is 1510. The molecule has 1 amide bonds. The van der Waals surface area contributed by atoms with Crippen molar-refractivity contribution in [3.63, 3.8) is 0 Å². The molecule has 1 fully saturated rings. The number of nitro benzene ring substituents is 1. The zero-order valence-corrected chi connectivity index (χ0v) is 19.9. The number of carbonyl (C=O) groups is 1. The second-order valence-electron chi connectivity index (χ2n) is 8.10. The lowest BCUT2D eigenvalue weighted by Gasteiger charge is -2.10. The van der Waals surface area contributed by atoms with Crippen molar-refractivity contribution in [2.75, 3.05) is 18.6 Å². The Balaban J connectivity index is 1.77. The van der Waals surface area contributed by atoms with Crippen molar-refractivity contribution in [1.29, 1.82) is 5.26 Å². The van der Waals surface area contributed by atoms with Crippen molar-refractivity contribution in [1.82, 2.24) is 15.1 Å². The van der Waals surface area contributed by atoms with Gasteiger partial charge in [0.2, 0.25) is 0 Å². The van der Waals surface area contributed by atoms with Crippen LogP contribution in [0.4, 0.5) is 5.69 Å². The molecule has 2 aromatic carbocycles. The van der Waals surface area contributed by atoms with Crippen LogP contribution in [0.15, 0.2) is 60.3 Å². The average molecular weight is 508 g/mol. The zero-order chi connectivity index (χ0) is 25.9. The van der Waals surface area contributed by atoms with Crippen LogP contribution < -0.4 is 10.1 Å². The minimum Gasteiger partial charge on any atom is -0.490 e. The Morgan fingerprint density at radius 3 is 2.67 bits per heavy atom. The lowest BCUT2D eigenvalue weighted by atomic mass is 10.0. The highest BCUT2D eigenvalue weighted by molar-refractivity contribution is 7.91. The van der Waals surface area contributed by atoms with Crippen LogP contribution in [-0.4, -0.2) is 53.7 Å². The molecule has 0 aliphatic carbocycles. The van der Waals surface area contributed by atoms with Gasteiger partial charge in [0.25, 0.3) is 5.91 Å². The molecule has 1 saturated heterocycles. The van der Waals surface area contributed by atoms with Gasteiger partial charge in [-0.25, -0.2) is 13.1 Å². The quantitative estimate of drug-likeness (QED) is 0.221. The summed E-state index contributed by atoms with van der Waals surface area (Å²) in [5.74, 6) is -0.830. The van der Waals surface area contributed by atoms with Crippen LogP contribution in [0.3, 0.4) is 0 Å². The van der Waals surface area contributed by atoms with E-state index in [4.69, 9.17) is 4.74 Å². The molecule has 0 bridgehead atoms. The van der Waals surface area contributed by atoms with Crippen LogP contribution in [0.1, 0.15) is 12.0 Å². The number of aromatic nitrogens is 2. The van der Waals surface area contributed by atoms with Crippen molar-refractivity contribution in [3.05, 3.63) is 76.0 Å². The summed E-state index contributed by atoms with van der Waals surface area (Å²) >= 11 is 0. The predicted molar refractivity (Wildman–Crippen MR) is 131 cm³/mol. The van der Waals surface area contributed by atoms with Gasteiger partial charge >= 0.3 is 5.69 Å². The van der Waals surface area contributed by atoms with Crippen molar-refractivity contribution in [2.45, 2.75) is 12.5 Å². The van der Waals surface area contributed by atoms with Gasteiger partial charge in [0, 0.05) is 29.4 Å². The molecule has 184 valence electrons. The van der Waals surface area contributed by atoms with Gasteiger partial charge in [-0.1, -0.05) is 18.2 Å². The number of carbonyl (C=O) groups excluding carboxylic acids is 1. The highest BCUT2D eigenvalue weighted by atomic mass is 32.2. The van der Waals surface area contributed by atoms with E-state index in [9.17, 15) is 28.6 Å². The number of sulfone groups is 1. The van der Waals surface area contributed by atoms with Crippen molar-refractivity contribution >= 4 is 27.5 Å². The molecular formula is C24H21N5O6S. The first-order chi connectivity index (χ1) is 17.2. The van der Waals surface area contributed by atoms with Gasteiger partial charge in [-0.05, 0) is 36.8 Å². The highest BCUT2D eigenvalue weighted by Gasteiger charge is 2.30. The number of hydrogen-bond acceptors (Lipinski definition) is 8. The summed E-state index contributed by atoms with van der Waals surface area (Å²) in [5, 5.41) is 28.4. The fourth-order valence-electron chi connectivity index (χ4n) is 3.89. The molecule has 1 aromatic heterocycles. The highest BCUT2D eigenvalue weighted by Crippen LogP contribution is 2.34. The standard InChI is InChI=1S/C24H21N5O6S/c1-35-22-8-7-16(12-21(22)29(31)32)23-18(14-28(27-23)20-5-3-2-4-6-20)11-17(13-25)24(30)26-19-9-10-36(33,34)15-19/h2-8,11-12,14,19H,9-10,15H2,1H3,(H,26,30)/b17-11+/t19-/m1/s1. The van der Waals surface area contributed by atoms with Crippen LogP contribution in [0.25, 0.3) is 23.0 Å². The summed E-state index contributed by atoms with van der Waals surface area (Å²) in [4.78, 5) is 23.7. The van der Waals surface area contributed by atoms with Crippen LogP contribution in [0.2, 0.25) is 0 Å². The minimum atomic E-state index is -3.22. The number of benzene rings is 2. The fraction of sp³-hybridized carbons (Fsp3) is 0.208. The maximum atomic E-state index is 12.8. The molecule has 1 N–H and O–H groups in total. The van der Waals surface area contributed by atoms with Crippen LogP contribution in [0, 0.1) is 21.4 Å². The monoisotopic (exact) mass is 507 g/mol. The van der Waals surface area contributed by atoms with E-state index in [0.717, 1.165) is 0 Å². The smallest absolute Gasteiger partial charge is 0.311 e. The number of ether oxygens (including phenoxy) is 1. The third kappa shape index (κ3) is 5.26. The van der Waals surface area contributed by atoms with Gasteiger partial charge in [0.1, 0.15) is 17.3 Å². The van der Waals surface area contributed by atoms with Gasteiger partial charge in [-0.15, -0.1) is 0 Å². The topological polar surface area (TPSA) is 157 Å². The third-order valence-electron chi connectivity index (χ3n) is 5.64. The van der Waals surface area contributed by atoms with E-state index in [0.29, 0.717) is 22.5 Å². The normalized spacial score (nSPS) is 16.8. The van der Waals surface area contributed by atoms with E-state index in [-0.39, 0.29) is 34.9 Å². The second kappa shape index (κ2) is 10.0. The molecule has 36 heavy (non-hydrogen) atoms. The number of amides is 1. The summed E-state index contributed by atoms with van der Waals surface area (Å²) in [6.07, 6.45) is 3.21. The van der Waals surface area contributed by atoms with E-state index in [1.807, 2.05) is 24.3 Å². The first-order valence-corrected chi connectivity index (χ1v) is 12.6. The number of nitrogens with zero attached hydrogens (tertiary/aromatic N) is 4. The SMILES string of the molecule is COc1ccc(-c2nn(-c3ccccc3)cc2/C=C(\C#N)C(=O)N[C@@H]2CCS(=O)(=O)C2)cc1[N+](=O)[O-]. The number of para-hydroxylation sites is 1. The number of hydrogen-bond donors (Lipinski definition) is 1. The van der Waals surface area contributed by atoms with E-state index in [1.165, 1.54) is 30.0 Å². The molecule has 0 spiro atoms. The molecule has 3 aromatic rings. The lowest BCUT2D eigenvalue weighted by molar-refractivity contribution is -0.385. The van der Waals surface area contributed by atoms with Crippen LogP contribution in [0.5, 0.6) is 5.75 Å². The molecule has 0 saturated carbocycles. The average Bonchev–Trinajstić information content (AvgIpc) is 3.44. The summed E-state index contributed by atoms with van der Waals surface area (Å²) in [6, 6.07) is 14.7. The fourth-order valence-corrected chi connectivity index (χ4v) is 5.56. The summed E-state index contributed by atoms with van der Waals surface area (Å²) < 4.78 is 30.0. The van der Waals surface area contributed by atoms with Gasteiger partial charge in [0.05, 0.1) is 29.2 Å². The maximum Gasteiger partial charge on any atom is 0.311 e. The maximum absolute atomic E-state index is 12.8. The molecule has 12 heteroatoms. The Hall–Kier alpha value is -4.50. The molecule has 0 radical (unpaired) electrons. The van der Waals surface area contributed by atoms with Gasteiger partial charge in [0.15, 0.2) is 15.6 Å². The molecule has 2 heterocycles. The predicted octanol–water partition coefficient (Wildman–Crippen LogP) is 2.67. The number of nitriles is 1. The lowest BCUT2D eigenvalue weighted by Crippen LogP contribution is -2.36. The summed E-state index contributed by atoms with van der Waals surface area (Å²) in [7, 11) is -1.89. The molecule has 0 unspecified atom stereocenters. The van der Waals surface area contributed by atoms with Crippen LogP contribution >= 0.6 is 0 Å². The number of methoxy groups -OCH3 is 1. The van der Waals surface area contributed by atoms with Crippen molar-refractivity contribution in [2.24, 2.45) is 0 Å². The molecule has 4 rings (SSSR count). The molecule has 1 aliphatic heterocycles. The zero-order valence-electron chi connectivity index (χ0n) is 19.1. The second-order valence-corrected chi connectivity index (χ2v) is 10.3. The molecule has 11 nitrogen and oxygen atoms in total. The van der Waals surface area contributed by atoms with E-state index in [1.54, 1.807) is 24.4 Å². The molecule has 1 aliphatic rings. The van der Waals surface area contributed by atoms with Crippen molar-refractivity contribution in [3.8, 4) is 28.8 Å². The van der Waals surface area contributed by atoms with Gasteiger partial charge in [-0.3, -0.25) is 14.9 Å². The van der Waals surface area contributed by atoms with Gasteiger partial charge < -0.3 is 10.1 Å². The first-order valence-electron chi connectivity index (χ1n) is 10.8. The van der Waals surface area contributed by atoms with Gasteiger partial charge in [-0.2, -0.15) is 10.4 Å². The number of nitro groups is 1. The van der Waals surface area contributed by atoms with Crippen LogP contribution in [-0.2, 0) is 14.6 Å².